The van der Waals surface area contributed by atoms with Gasteiger partial charge in [-0.05, 0) is 44.9 Å². The highest BCUT2D eigenvalue weighted by Gasteiger charge is 2.38. The van der Waals surface area contributed by atoms with Crippen molar-refractivity contribution >= 4 is 12.1 Å². The Morgan fingerprint density at radius 2 is 2.04 bits per heavy atom. The Morgan fingerprint density at radius 3 is 2.61 bits per heavy atom. The van der Waals surface area contributed by atoms with Crippen LogP contribution in [0.2, 0.25) is 0 Å². The summed E-state index contributed by atoms with van der Waals surface area (Å²) in [5.41, 5.74) is -0.0274. The maximum absolute atomic E-state index is 13.5. The van der Waals surface area contributed by atoms with Crippen LogP contribution in [0.25, 0.3) is 0 Å². The summed E-state index contributed by atoms with van der Waals surface area (Å²) in [7, 11) is 0. The first-order valence-electron chi connectivity index (χ1n) is 7.63. The SMILES string of the molecule is CC(C)(C)OC(=O)N1CC[C@H](C(=O)O)[C@@H](c2cccc(F)c2)C1. The second-order valence-corrected chi connectivity index (χ2v) is 6.82. The lowest BCUT2D eigenvalue weighted by Crippen LogP contribution is -2.46. The molecular formula is C17H22FNO4. The van der Waals surface area contributed by atoms with Crippen LogP contribution in [0.5, 0.6) is 0 Å². The van der Waals surface area contributed by atoms with Gasteiger partial charge < -0.3 is 14.7 Å². The van der Waals surface area contributed by atoms with E-state index < -0.39 is 35.3 Å². The number of carboxylic acids is 1. The predicted molar refractivity (Wildman–Crippen MR) is 82.7 cm³/mol. The second-order valence-electron chi connectivity index (χ2n) is 6.82. The number of ether oxygens (including phenoxy) is 1. The topological polar surface area (TPSA) is 66.8 Å². The van der Waals surface area contributed by atoms with Gasteiger partial charge in [-0.3, -0.25) is 4.79 Å². The van der Waals surface area contributed by atoms with Crippen LogP contribution in [0, 0.1) is 11.7 Å². The predicted octanol–water partition coefficient (Wildman–Crippen LogP) is 3.25. The number of halogens is 1. The summed E-state index contributed by atoms with van der Waals surface area (Å²) in [4.78, 5) is 25.2. The highest BCUT2D eigenvalue weighted by Crippen LogP contribution is 2.33. The lowest BCUT2D eigenvalue weighted by atomic mass is 9.81. The van der Waals surface area contributed by atoms with E-state index >= 15 is 0 Å². The van der Waals surface area contributed by atoms with Crippen molar-refractivity contribution in [3.8, 4) is 0 Å². The van der Waals surface area contributed by atoms with Gasteiger partial charge in [0.15, 0.2) is 0 Å². The number of rotatable bonds is 2. The standard InChI is InChI=1S/C17H22FNO4/c1-17(2,3)23-16(22)19-8-7-13(15(20)21)14(10-19)11-5-4-6-12(18)9-11/h4-6,9,13-14H,7-8,10H2,1-3H3,(H,20,21)/t13-,14+/m0/s1. The van der Waals surface area contributed by atoms with Gasteiger partial charge in [0.25, 0.3) is 0 Å². The van der Waals surface area contributed by atoms with Gasteiger partial charge in [0, 0.05) is 19.0 Å². The fourth-order valence-corrected chi connectivity index (χ4v) is 2.81. The molecule has 126 valence electrons. The average Bonchev–Trinajstić information content (AvgIpc) is 2.44. The number of hydrogen-bond acceptors (Lipinski definition) is 3. The van der Waals surface area contributed by atoms with Crippen molar-refractivity contribution in [3.63, 3.8) is 0 Å². The third-order valence-corrected chi connectivity index (χ3v) is 3.86. The molecule has 1 aromatic rings. The van der Waals surface area contributed by atoms with Gasteiger partial charge in [0.1, 0.15) is 11.4 Å². The summed E-state index contributed by atoms with van der Waals surface area (Å²) in [6, 6.07) is 5.89. The number of likely N-dealkylation sites (tertiary alicyclic amines) is 1. The zero-order valence-corrected chi connectivity index (χ0v) is 13.6. The van der Waals surface area contributed by atoms with Gasteiger partial charge >= 0.3 is 12.1 Å². The number of nitrogens with zero attached hydrogens (tertiary/aromatic N) is 1. The number of carbonyl (C=O) groups is 2. The van der Waals surface area contributed by atoms with Crippen LogP contribution >= 0.6 is 0 Å². The Bertz CT molecular complexity index is 597. The number of carboxylic acid groups (broad SMARTS) is 1. The van der Waals surface area contributed by atoms with E-state index in [0.717, 1.165) is 0 Å². The zero-order valence-electron chi connectivity index (χ0n) is 13.6. The third-order valence-electron chi connectivity index (χ3n) is 3.86. The van der Waals surface area contributed by atoms with Crippen molar-refractivity contribution in [1.29, 1.82) is 0 Å². The minimum Gasteiger partial charge on any atom is -0.481 e. The Hall–Kier alpha value is -2.11. The number of carbonyl (C=O) groups excluding carboxylic acids is 1. The van der Waals surface area contributed by atoms with Crippen LogP contribution in [0.4, 0.5) is 9.18 Å². The van der Waals surface area contributed by atoms with Crippen molar-refractivity contribution in [2.24, 2.45) is 5.92 Å². The summed E-state index contributed by atoms with van der Waals surface area (Å²) in [6.07, 6.45) is -0.154. The minimum atomic E-state index is -0.928. The van der Waals surface area contributed by atoms with Crippen molar-refractivity contribution in [2.75, 3.05) is 13.1 Å². The van der Waals surface area contributed by atoms with E-state index in [1.807, 2.05) is 0 Å². The van der Waals surface area contributed by atoms with Crippen molar-refractivity contribution in [3.05, 3.63) is 35.6 Å². The van der Waals surface area contributed by atoms with Crippen LogP contribution in [0.1, 0.15) is 38.7 Å². The molecule has 1 fully saturated rings. The smallest absolute Gasteiger partial charge is 0.410 e. The maximum Gasteiger partial charge on any atom is 0.410 e. The van der Waals surface area contributed by atoms with Gasteiger partial charge in [-0.1, -0.05) is 12.1 Å². The molecule has 1 saturated heterocycles. The third kappa shape index (κ3) is 4.43. The number of piperidine rings is 1. The van der Waals surface area contributed by atoms with Crippen LogP contribution in [0.15, 0.2) is 24.3 Å². The van der Waals surface area contributed by atoms with Gasteiger partial charge in [-0.25, -0.2) is 9.18 Å². The number of hydrogen-bond donors (Lipinski definition) is 1. The Kier molecular flexibility index (Phi) is 4.92. The lowest BCUT2D eigenvalue weighted by molar-refractivity contribution is -0.144. The average molecular weight is 323 g/mol. The van der Waals surface area contributed by atoms with E-state index in [1.165, 1.54) is 17.0 Å². The number of aliphatic carboxylic acids is 1. The van der Waals surface area contributed by atoms with E-state index in [4.69, 9.17) is 4.74 Å². The molecule has 0 saturated carbocycles. The van der Waals surface area contributed by atoms with Crippen molar-refractivity contribution in [2.45, 2.75) is 38.7 Å². The summed E-state index contributed by atoms with van der Waals surface area (Å²) in [5.74, 6) is -2.44. The van der Waals surface area contributed by atoms with E-state index in [0.29, 0.717) is 18.5 Å². The van der Waals surface area contributed by atoms with Gasteiger partial charge in [0.2, 0.25) is 0 Å². The van der Waals surface area contributed by atoms with Crippen molar-refractivity contribution in [1.82, 2.24) is 4.90 Å². The largest absolute Gasteiger partial charge is 0.481 e. The van der Waals surface area contributed by atoms with Gasteiger partial charge in [0.05, 0.1) is 5.92 Å². The molecule has 6 heteroatoms. The Balaban J connectivity index is 2.21. The first-order valence-corrected chi connectivity index (χ1v) is 7.63. The fourth-order valence-electron chi connectivity index (χ4n) is 2.81. The highest BCUT2D eigenvalue weighted by molar-refractivity contribution is 5.73. The zero-order chi connectivity index (χ0) is 17.2. The number of benzene rings is 1. The molecule has 0 aromatic heterocycles. The molecule has 1 heterocycles. The molecule has 1 N–H and O–H groups in total. The van der Waals surface area contributed by atoms with Gasteiger partial charge in [-0.2, -0.15) is 0 Å². The minimum absolute atomic E-state index is 0.204. The monoisotopic (exact) mass is 323 g/mol. The van der Waals surface area contributed by atoms with Crippen LogP contribution in [-0.2, 0) is 9.53 Å². The van der Waals surface area contributed by atoms with Crippen LogP contribution in [0.3, 0.4) is 0 Å². The highest BCUT2D eigenvalue weighted by atomic mass is 19.1. The molecule has 23 heavy (non-hydrogen) atoms. The quantitative estimate of drug-likeness (QED) is 0.907. The second kappa shape index (κ2) is 6.56. The molecular weight excluding hydrogens is 301 g/mol. The molecule has 0 radical (unpaired) electrons. The van der Waals surface area contributed by atoms with Gasteiger partial charge in [-0.15, -0.1) is 0 Å². The molecule has 1 aliphatic rings. The van der Waals surface area contributed by atoms with E-state index in [-0.39, 0.29) is 6.54 Å². The summed E-state index contributed by atoms with van der Waals surface area (Å²) in [5, 5.41) is 9.42. The lowest BCUT2D eigenvalue weighted by Gasteiger charge is -2.37. The van der Waals surface area contributed by atoms with Crippen LogP contribution < -0.4 is 0 Å². The normalized spacial score (nSPS) is 21.8. The molecule has 0 unspecified atom stereocenters. The molecule has 1 amide bonds. The molecule has 1 aromatic carbocycles. The molecule has 0 aliphatic carbocycles. The molecule has 0 spiro atoms. The molecule has 0 bridgehead atoms. The summed E-state index contributed by atoms with van der Waals surface area (Å²) >= 11 is 0. The summed E-state index contributed by atoms with van der Waals surface area (Å²) < 4.78 is 18.8. The van der Waals surface area contributed by atoms with Crippen LogP contribution in [-0.4, -0.2) is 40.8 Å². The molecule has 2 rings (SSSR count). The maximum atomic E-state index is 13.5. The Morgan fingerprint density at radius 1 is 1.35 bits per heavy atom. The van der Waals surface area contributed by atoms with E-state index in [2.05, 4.69) is 0 Å². The number of amides is 1. The van der Waals surface area contributed by atoms with Crippen molar-refractivity contribution < 1.29 is 23.8 Å². The first-order chi connectivity index (χ1) is 10.7. The Labute approximate surface area is 135 Å². The van der Waals surface area contributed by atoms with E-state index in [9.17, 15) is 19.1 Å². The fraction of sp³-hybridized carbons (Fsp3) is 0.529. The molecule has 2 atom stereocenters. The first kappa shape index (κ1) is 17.2. The molecule has 1 aliphatic heterocycles. The van der Waals surface area contributed by atoms with E-state index in [1.54, 1.807) is 32.9 Å². The molecule has 5 nitrogen and oxygen atoms in total. The summed E-state index contributed by atoms with van der Waals surface area (Å²) in [6.45, 7) is 5.85.